The van der Waals surface area contributed by atoms with E-state index in [1.807, 2.05) is 18.2 Å². The van der Waals surface area contributed by atoms with Crippen LogP contribution in [0.15, 0.2) is 209 Å². The number of hydrogen-bond donors (Lipinski definition) is 0. The van der Waals surface area contributed by atoms with E-state index in [9.17, 15) is 0 Å². The zero-order valence-electron chi connectivity index (χ0n) is 29.8. The lowest BCUT2D eigenvalue weighted by Gasteiger charge is -2.29. The fourth-order valence-corrected chi connectivity index (χ4v) is 8.50. The van der Waals surface area contributed by atoms with Crippen LogP contribution in [-0.4, -0.2) is 0 Å². The number of para-hydroxylation sites is 3. The Morgan fingerprint density at radius 2 is 0.818 bits per heavy atom. The lowest BCUT2D eigenvalue weighted by molar-refractivity contribution is 0.668. The summed E-state index contributed by atoms with van der Waals surface area (Å²) in [7, 11) is 0. The SMILES string of the molecule is c1ccc(-c2cccc3cccc(-c4ccccc4N(c4cccc(-c5cccc6oc7ccccc7c56)c4)c4cccc5oc6ccccc6c45)c23)cc1. The van der Waals surface area contributed by atoms with Crippen LogP contribution in [0.3, 0.4) is 0 Å². The highest BCUT2D eigenvalue weighted by Gasteiger charge is 2.24. The number of furan rings is 2. The Balaban J connectivity index is 1.20. The van der Waals surface area contributed by atoms with E-state index in [1.165, 1.54) is 27.5 Å². The summed E-state index contributed by atoms with van der Waals surface area (Å²) in [6.45, 7) is 0. The van der Waals surface area contributed by atoms with Crippen molar-refractivity contribution in [3.8, 4) is 33.4 Å². The van der Waals surface area contributed by atoms with Crippen LogP contribution in [0.5, 0.6) is 0 Å². The Bertz CT molecular complexity index is 3220. The predicted octanol–water partition coefficient (Wildman–Crippen LogP) is 15.1. The van der Waals surface area contributed by atoms with Crippen LogP contribution in [0.1, 0.15) is 0 Å². The highest BCUT2D eigenvalue weighted by Crippen LogP contribution is 2.48. The van der Waals surface area contributed by atoms with Gasteiger partial charge in [-0.1, -0.05) is 152 Å². The molecule has 3 nitrogen and oxygen atoms in total. The van der Waals surface area contributed by atoms with Gasteiger partial charge in [0.05, 0.1) is 16.8 Å². The maximum absolute atomic E-state index is 6.49. The Labute approximate surface area is 317 Å². The van der Waals surface area contributed by atoms with E-state index in [0.29, 0.717) is 0 Å². The van der Waals surface area contributed by atoms with Gasteiger partial charge in [-0.25, -0.2) is 0 Å². The molecule has 2 heterocycles. The quantitative estimate of drug-likeness (QED) is 0.173. The summed E-state index contributed by atoms with van der Waals surface area (Å²) in [4.78, 5) is 2.42. The van der Waals surface area contributed by atoms with Gasteiger partial charge in [-0.15, -0.1) is 0 Å². The molecular formula is C52H33NO2. The Morgan fingerprint density at radius 3 is 1.60 bits per heavy atom. The molecule has 0 amide bonds. The van der Waals surface area contributed by atoms with E-state index >= 15 is 0 Å². The first-order chi connectivity index (χ1) is 27.3. The summed E-state index contributed by atoms with van der Waals surface area (Å²) < 4.78 is 12.8. The van der Waals surface area contributed by atoms with E-state index in [2.05, 4.69) is 187 Å². The third-order valence-electron chi connectivity index (χ3n) is 10.9. The molecule has 0 N–H and O–H groups in total. The fraction of sp³-hybridized carbons (Fsp3) is 0. The number of rotatable bonds is 6. The van der Waals surface area contributed by atoms with Crippen LogP contribution >= 0.6 is 0 Å². The van der Waals surface area contributed by atoms with Crippen LogP contribution < -0.4 is 4.90 Å². The molecule has 0 aliphatic heterocycles. The maximum Gasteiger partial charge on any atom is 0.137 e. The summed E-state index contributed by atoms with van der Waals surface area (Å²) in [5, 5.41) is 6.81. The van der Waals surface area contributed by atoms with Crippen molar-refractivity contribution in [3.63, 3.8) is 0 Å². The molecule has 0 spiro atoms. The normalized spacial score (nSPS) is 11.6. The molecule has 0 saturated heterocycles. The number of nitrogens with zero attached hydrogens (tertiary/aromatic N) is 1. The topological polar surface area (TPSA) is 29.5 Å². The van der Waals surface area contributed by atoms with E-state index < -0.39 is 0 Å². The molecule has 3 heteroatoms. The van der Waals surface area contributed by atoms with E-state index in [1.54, 1.807) is 0 Å². The molecule has 258 valence electrons. The largest absolute Gasteiger partial charge is 0.456 e. The minimum absolute atomic E-state index is 0.850. The van der Waals surface area contributed by atoms with E-state index in [-0.39, 0.29) is 0 Å². The molecule has 0 fully saturated rings. The number of hydrogen-bond acceptors (Lipinski definition) is 3. The van der Waals surface area contributed by atoms with Gasteiger partial charge >= 0.3 is 0 Å². The minimum atomic E-state index is 0.850. The lowest BCUT2D eigenvalue weighted by Crippen LogP contribution is -2.12. The summed E-state index contributed by atoms with van der Waals surface area (Å²) >= 11 is 0. The molecule has 0 atom stereocenters. The van der Waals surface area contributed by atoms with Crippen molar-refractivity contribution in [1.29, 1.82) is 0 Å². The fourth-order valence-electron chi connectivity index (χ4n) is 8.50. The van der Waals surface area contributed by atoms with Crippen LogP contribution in [0, 0.1) is 0 Å². The van der Waals surface area contributed by atoms with Gasteiger partial charge in [0.25, 0.3) is 0 Å². The van der Waals surface area contributed by atoms with Crippen molar-refractivity contribution in [2.24, 2.45) is 0 Å². The van der Waals surface area contributed by atoms with Crippen molar-refractivity contribution in [2.45, 2.75) is 0 Å². The van der Waals surface area contributed by atoms with Gasteiger partial charge in [-0.05, 0) is 87.1 Å². The van der Waals surface area contributed by atoms with Crippen molar-refractivity contribution in [3.05, 3.63) is 200 Å². The van der Waals surface area contributed by atoms with Gasteiger partial charge < -0.3 is 13.7 Å². The Kier molecular flexibility index (Phi) is 7.17. The lowest BCUT2D eigenvalue weighted by atomic mass is 9.90. The van der Waals surface area contributed by atoms with Crippen molar-refractivity contribution < 1.29 is 8.83 Å². The Hall–Kier alpha value is -7.36. The standard InChI is InChI=1S/C52H33NO2/c1-2-15-34(16-3-1)38-24-11-17-35-18-12-26-41(50(35)38)40-21-4-7-27-44(40)53(45-28-14-32-49-52(45)43-23-6-9-30-47(43)55-49)37-20-10-19-36(33-37)39-25-13-31-48-51(39)42-22-5-8-29-46(42)54-48/h1-33H. The molecule has 55 heavy (non-hydrogen) atoms. The Morgan fingerprint density at radius 1 is 0.309 bits per heavy atom. The maximum atomic E-state index is 6.49. The van der Waals surface area contributed by atoms with Crippen LogP contribution in [-0.2, 0) is 0 Å². The zero-order chi connectivity index (χ0) is 36.3. The van der Waals surface area contributed by atoms with Gasteiger partial charge in [0, 0.05) is 27.4 Å². The highest BCUT2D eigenvalue weighted by atomic mass is 16.3. The molecule has 11 aromatic rings. The molecular weight excluding hydrogens is 671 g/mol. The van der Waals surface area contributed by atoms with Gasteiger partial charge in [0.1, 0.15) is 22.3 Å². The van der Waals surface area contributed by atoms with E-state index in [4.69, 9.17) is 8.83 Å². The number of fused-ring (bicyclic) bond motifs is 7. The zero-order valence-corrected chi connectivity index (χ0v) is 29.8. The number of anilines is 3. The van der Waals surface area contributed by atoms with E-state index in [0.717, 1.165) is 77.6 Å². The summed E-state index contributed by atoms with van der Waals surface area (Å²) in [5.41, 5.74) is 13.6. The van der Waals surface area contributed by atoms with Crippen molar-refractivity contribution in [1.82, 2.24) is 0 Å². The van der Waals surface area contributed by atoms with Crippen molar-refractivity contribution >= 4 is 71.7 Å². The van der Waals surface area contributed by atoms with Crippen LogP contribution in [0.4, 0.5) is 17.1 Å². The van der Waals surface area contributed by atoms with Crippen LogP contribution in [0.25, 0.3) is 88.0 Å². The molecule has 9 aromatic carbocycles. The van der Waals surface area contributed by atoms with Gasteiger partial charge in [-0.2, -0.15) is 0 Å². The average Bonchev–Trinajstić information content (AvgIpc) is 3.83. The van der Waals surface area contributed by atoms with Gasteiger partial charge in [0.2, 0.25) is 0 Å². The highest BCUT2D eigenvalue weighted by molar-refractivity contribution is 6.16. The second kappa shape index (κ2) is 12.6. The van der Waals surface area contributed by atoms with Gasteiger partial charge in [0.15, 0.2) is 0 Å². The second-order valence-electron chi connectivity index (χ2n) is 14.0. The summed E-state index contributed by atoms with van der Waals surface area (Å²) in [6.07, 6.45) is 0. The van der Waals surface area contributed by atoms with Gasteiger partial charge in [-0.3, -0.25) is 0 Å². The number of benzene rings is 9. The first-order valence-electron chi connectivity index (χ1n) is 18.7. The van der Waals surface area contributed by atoms with Crippen LogP contribution in [0.2, 0.25) is 0 Å². The third-order valence-corrected chi connectivity index (χ3v) is 10.9. The average molecular weight is 704 g/mol. The molecule has 0 aliphatic carbocycles. The smallest absolute Gasteiger partial charge is 0.137 e. The first kappa shape index (κ1) is 31.2. The molecule has 11 rings (SSSR count). The molecule has 0 unspecified atom stereocenters. The molecule has 0 saturated carbocycles. The molecule has 0 radical (unpaired) electrons. The monoisotopic (exact) mass is 703 g/mol. The molecule has 0 aliphatic rings. The molecule has 2 aromatic heterocycles. The summed E-state index contributed by atoms with van der Waals surface area (Å²) in [5.74, 6) is 0. The molecule has 0 bridgehead atoms. The predicted molar refractivity (Wildman–Crippen MR) is 229 cm³/mol. The van der Waals surface area contributed by atoms with Crippen molar-refractivity contribution in [2.75, 3.05) is 4.90 Å². The minimum Gasteiger partial charge on any atom is -0.456 e. The second-order valence-corrected chi connectivity index (χ2v) is 14.0. The third kappa shape index (κ3) is 5.05. The summed E-state index contributed by atoms with van der Waals surface area (Å²) in [6, 6.07) is 71.0. The first-order valence-corrected chi connectivity index (χ1v) is 18.7.